The summed E-state index contributed by atoms with van der Waals surface area (Å²) in [7, 11) is 1.50. The Kier molecular flexibility index (Phi) is 7.61. The van der Waals surface area contributed by atoms with Gasteiger partial charge in [-0.1, -0.05) is 0 Å². The number of methoxy groups -OCH3 is 1. The van der Waals surface area contributed by atoms with E-state index >= 15 is 0 Å². The fourth-order valence-electron chi connectivity index (χ4n) is 3.27. The molecule has 11 heteroatoms. The van der Waals surface area contributed by atoms with Crippen molar-refractivity contribution < 1.29 is 32.3 Å². The summed E-state index contributed by atoms with van der Waals surface area (Å²) in [4.78, 5) is 40.4. The average Bonchev–Trinajstić information content (AvgIpc) is 3.38. The Balaban J connectivity index is 1.77. The number of halogens is 3. The van der Waals surface area contributed by atoms with Gasteiger partial charge in [0.05, 0.1) is 24.0 Å². The van der Waals surface area contributed by atoms with Gasteiger partial charge >= 0.3 is 6.18 Å². The Morgan fingerprint density at radius 3 is 2.55 bits per heavy atom. The highest BCUT2D eigenvalue weighted by atomic mass is 19.4. The Labute approximate surface area is 167 Å². The second-order valence-electron chi connectivity index (χ2n) is 7.71. The van der Waals surface area contributed by atoms with E-state index in [1.807, 2.05) is 0 Å². The van der Waals surface area contributed by atoms with Crippen LogP contribution in [-0.4, -0.2) is 68.0 Å². The van der Waals surface area contributed by atoms with Crippen LogP contribution in [0.5, 0.6) is 0 Å². The average molecular weight is 420 g/mol. The first-order chi connectivity index (χ1) is 13.6. The molecule has 0 radical (unpaired) electrons. The zero-order chi connectivity index (χ0) is 21.7. The number of alkyl halides is 3. The molecular formula is C18H27F3N4O4. The summed E-state index contributed by atoms with van der Waals surface area (Å²) in [6, 6.07) is -0.255. The quantitative estimate of drug-likeness (QED) is 0.294. The molecule has 1 saturated carbocycles. The zero-order valence-corrected chi connectivity index (χ0v) is 16.3. The molecule has 0 aromatic heterocycles. The molecule has 29 heavy (non-hydrogen) atoms. The number of hydrogen-bond acceptors (Lipinski definition) is 4. The molecule has 3 amide bonds. The third-order valence-electron chi connectivity index (χ3n) is 5.46. The first-order valence-corrected chi connectivity index (χ1v) is 9.52. The maximum Gasteiger partial charge on any atom is 0.389 e. The molecule has 1 unspecified atom stereocenters. The maximum atomic E-state index is 12.4. The molecule has 1 aliphatic carbocycles. The van der Waals surface area contributed by atoms with Gasteiger partial charge in [-0.25, -0.2) is 0 Å². The van der Waals surface area contributed by atoms with Crippen LogP contribution in [0.15, 0.2) is 4.99 Å². The van der Waals surface area contributed by atoms with Gasteiger partial charge in [0, 0.05) is 33.0 Å². The van der Waals surface area contributed by atoms with E-state index in [9.17, 15) is 27.6 Å². The number of carbonyl (C=O) groups excluding carboxylic acids is 3. The van der Waals surface area contributed by atoms with Crippen molar-refractivity contribution in [2.75, 3.05) is 26.8 Å². The summed E-state index contributed by atoms with van der Waals surface area (Å²) in [5.74, 6) is -0.911. The Morgan fingerprint density at radius 2 is 2.03 bits per heavy atom. The fraction of sp³-hybridized carbons (Fsp3) is 0.778. The lowest BCUT2D eigenvalue weighted by Crippen LogP contribution is -2.55. The van der Waals surface area contributed by atoms with Crippen molar-refractivity contribution >= 4 is 24.1 Å². The molecule has 1 atom stereocenters. The van der Waals surface area contributed by atoms with E-state index < -0.39 is 23.9 Å². The second kappa shape index (κ2) is 9.55. The van der Waals surface area contributed by atoms with Crippen molar-refractivity contribution in [3.05, 3.63) is 0 Å². The summed E-state index contributed by atoms with van der Waals surface area (Å²) in [6.45, 7) is 0.923. The molecule has 3 N–H and O–H groups in total. The molecule has 2 rings (SSSR count). The molecule has 2 fully saturated rings. The maximum absolute atomic E-state index is 12.4. The van der Waals surface area contributed by atoms with Crippen molar-refractivity contribution in [3.8, 4) is 0 Å². The van der Waals surface area contributed by atoms with Crippen LogP contribution < -0.4 is 11.1 Å². The number of nitrogens with two attached hydrogens (primary N) is 1. The lowest BCUT2D eigenvalue weighted by Gasteiger charge is -2.39. The number of carbonyl (C=O) groups is 3. The molecule has 0 aromatic carbocycles. The third kappa shape index (κ3) is 6.69. The lowest BCUT2D eigenvalue weighted by atomic mass is 9.96. The molecule has 1 heterocycles. The summed E-state index contributed by atoms with van der Waals surface area (Å²) in [5, 5.41) is 2.58. The predicted octanol–water partition coefficient (Wildman–Crippen LogP) is 0.993. The Hall–Kier alpha value is -2.17. The second-order valence-corrected chi connectivity index (χ2v) is 7.71. The van der Waals surface area contributed by atoms with E-state index in [4.69, 9.17) is 10.5 Å². The van der Waals surface area contributed by atoms with E-state index in [1.165, 1.54) is 7.11 Å². The van der Waals surface area contributed by atoms with Crippen LogP contribution in [-0.2, 0) is 19.1 Å². The minimum atomic E-state index is -4.30. The summed E-state index contributed by atoms with van der Waals surface area (Å²) in [5.41, 5.74) is 4.83. The smallest absolute Gasteiger partial charge is 0.387 e. The van der Waals surface area contributed by atoms with Crippen LogP contribution in [0.1, 0.15) is 38.5 Å². The van der Waals surface area contributed by atoms with Crippen LogP contribution in [0, 0.1) is 11.3 Å². The van der Waals surface area contributed by atoms with Crippen molar-refractivity contribution in [2.45, 2.75) is 50.7 Å². The van der Waals surface area contributed by atoms with Crippen molar-refractivity contribution in [2.24, 2.45) is 22.1 Å². The van der Waals surface area contributed by atoms with Gasteiger partial charge in [-0.05, 0) is 25.7 Å². The predicted molar refractivity (Wildman–Crippen MR) is 97.8 cm³/mol. The number of ether oxygens (including phenoxy) is 1. The van der Waals surface area contributed by atoms with Crippen LogP contribution in [0.2, 0.25) is 0 Å². The van der Waals surface area contributed by atoms with Crippen LogP contribution in [0.3, 0.4) is 0 Å². The molecule has 164 valence electrons. The van der Waals surface area contributed by atoms with E-state index in [0.717, 1.165) is 0 Å². The molecule has 2 aliphatic rings. The van der Waals surface area contributed by atoms with Crippen LogP contribution in [0.25, 0.3) is 0 Å². The third-order valence-corrected chi connectivity index (χ3v) is 5.46. The van der Waals surface area contributed by atoms with Crippen molar-refractivity contribution in [1.82, 2.24) is 10.2 Å². The Bertz CT molecular complexity index is 644. The molecule has 0 aromatic rings. The topological polar surface area (TPSA) is 114 Å². The number of nitrogens with zero attached hydrogens (tertiary/aromatic N) is 2. The van der Waals surface area contributed by atoms with Crippen molar-refractivity contribution in [1.29, 1.82) is 0 Å². The molecule has 1 aliphatic heterocycles. The van der Waals surface area contributed by atoms with E-state index in [2.05, 4.69) is 10.3 Å². The van der Waals surface area contributed by atoms with Gasteiger partial charge in [0.1, 0.15) is 5.84 Å². The number of nitrogens with one attached hydrogen (secondary N) is 1. The largest absolute Gasteiger partial charge is 0.389 e. The summed E-state index contributed by atoms with van der Waals surface area (Å²) in [6.07, 6.45) is -3.58. The van der Waals surface area contributed by atoms with Gasteiger partial charge in [0.25, 0.3) is 5.91 Å². The van der Waals surface area contributed by atoms with Gasteiger partial charge in [-0.3, -0.25) is 14.4 Å². The lowest BCUT2D eigenvalue weighted by molar-refractivity contribution is -0.141. The molecular weight excluding hydrogens is 393 g/mol. The number of rotatable bonds is 11. The zero-order valence-electron chi connectivity index (χ0n) is 16.3. The number of likely N-dealkylation sites (tertiary alicyclic amines) is 1. The van der Waals surface area contributed by atoms with E-state index in [0.29, 0.717) is 45.4 Å². The van der Waals surface area contributed by atoms with Gasteiger partial charge in [-0.2, -0.15) is 18.2 Å². The van der Waals surface area contributed by atoms with Gasteiger partial charge in [0.15, 0.2) is 0 Å². The summed E-state index contributed by atoms with van der Waals surface area (Å²) < 4.78 is 42.2. The normalized spacial score (nSPS) is 20.0. The number of aliphatic imine (C=N–C) groups is 1. The van der Waals surface area contributed by atoms with E-state index in [-0.39, 0.29) is 36.5 Å². The first kappa shape index (κ1) is 23.1. The molecule has 8 nitrogen and oxygen atoms in total. The van der Waals surface area contributed by atoms with E-state index in [1.54, 1.807) is 4.90 Å². The molecule has 0 spiro atoms. The highest BCUT2D eigenvalue weighted by Gasteiger charge is 2.51. The number of hydrogen-bond donors (Lipinski definition) is 2. The van der Waals surface area contributed by atoms with Gasteiger partial charge < -0.3 is 20.7 Å². The first-order valence-electron chi connectivity index (χ1n) is 9.52. The van der Waals surface area contributed by atoms with Crippen LogP contribution >= 0.6 is 0 Å². The number of amidine groups is 1. The SMILES string of the molecule is COCC(CCC(=O)N1CC(C(N)=NC(=O)C2(CCC(F)(F)F)CC2)C1)NC=O. The minimum absolute atomic E-state index is 0.0669. The number of amides is 3. The van der Waals surface area contributed by atoms with Gasteiger partial charge in [-0.15, -0.1) is 0 Å². The highest BCUT2D eigenvalue weighted by Crippen LogP contribution is 2.52. The van der Waals surface area contributed by atoms with Crippen LogP contribution in [0.4, 0.5) is 13.2 Å². The van der Waals surface area contributed by atoms with Crippen molar-refractivity contribution in [3.63, 3.8) is 0 Å². The Morgan fingerprint density at radius 1 is 1.38 bits per heavy atom. The molecule has 0 bridgehead atoms. The monoisotopic (exact) mass is 420 g/mol. The summed E-state index contributed by atoms with van der Waals surface area (Å²) >= 11 is 0. The standard InChI is InChI=1S/C18H27F3N4O4/c1-29-10-13(23-11-26)2-3-14(27)25-8-12(9-25)15(22)24-16(28)17(4-5-17)6-7-18(19,20)21/h11-13H,2-10H2,1H3,(H,23,26)(H2,22,24,28). The minimum Gasteiger partial charge on any atom is -0.387 e. The van der Waals surface area contributed by atoms with Gasteiger partial charge in [0.2, 0.25) is 12.3 Å². The highest BCUT2D eigenvalue weighted by molar-refractivity contribution is 5.99. The molecule has 1 saturated heterocycles. The fourth-order valence-corrected chi connectivity index (χ4v) is 3.27.